The zero-order valence-corrected chi connectivity index (χ0v) is 13.2. The molecule has 0 aromatic heterocycles. The standard InChI is InChI=1S/C18H25NO2/c1-14(2)18-7-4-10-19(18)13-16-12-17(21-3)9-8-15(16)6-5-11-20/h8-9,12,14,18,20H,4,7,10-11,13H2,1-3H3. The highest BCUT2D eigenvalue weighted by Crippen LogP contribution is 2.27. The molecular formula is C18H25NO2. The number of hydrogen-bond donors (Lipinski definition) is 1. The molecule has 2 rings (SSSR count). The van der Waals surface area contributed by atoms with Crippen LogP contribution in [0.15, 0.2) is 18.2 Å². The van der Waals surface area contributed by atoms with Crippen molar-refractivity contribution in [1.82, 2.24) is 4.90 Å². The molecule has 1 aromatic rings. The summed E-state index contributed by atoms with van der Waals surface area (Å²) in [6, 6.07) is 6.62. The molecule has 1 aliphatic heterocycles. The molecule has 1 N–H and O–H groups in total. The molecule has 3 nitrogen and oxygen atoms in total. The molecule has 1 aliphatic rings. The van der Waals surface area contributed by atoms with Gasteiger partial charge in [0.25, 0.3) is 0 Å². The van der Waals surface area contributed by atoms with Crippen LogP contribution < -0.4 is 4.74 Å². The van der Waals surface area contributed by atoms with Gasteiger partial charge in [0.15, 0.2) is 0 Å². The van der Waals surface area contributed by atoms with E-state index in [0.29, 0.717) is 12.0 Å². The largest absolute Gasteiger partial charge is 0.497 e. The fourth-order valence-corrected chi connectivity index (χ4v) is 3.11. The third-order valence-corrected chi connectivity index (χ3v) is 4.17. The summed E-state index contributed by atoms with van der Waals surface area (Å²) in [5.74, 6) is 7.33. The Balaban J connectivity index is 2.24. The average Bonchev–Trinajstić information content (AvgIpc) is 2.94. The first-order valence-electron chi connectivity index (χ1n) is 7.66. The summed E-state index contributed by atoms with van der Waals surface area (Å²) in [6.07, 6.45) is 2.55. The number of rotatable bonds is 4. The van der Waals surface area contributed by atoms with E-state index in [1.807, 2.05) is 12.1 Å². The van der Waals surface area contributed by atoms with Gasteiger partial charge in [-0.2, -0.15) is 0 Å². The van der Waals surface area contributed by atoms with Crippen molar-refractivity contribution in [3.05, 3.63) is 29.3 Å². The molecule has 1 atom stereocenters. The Morgan fingerprint density at radius 1 is 1.43 bits per heavy atom. The molecule has 1 heterocycles. The van der Waals surface area contributed by atoms with E-state index < -0.39 is 0 Å². The Morgan fingerprint density at radius 2 is 2.24 bits per heavy atom. The fourth-order valence-electron chi connectivity index (χ4n) is 3.11. The number of benzene rings is 1. The molecule has 21 heavy (non-hydrogen) atoms. The summed E-state index contributed by atoms with van der Waals surface area (Å²) in [5, 5.41) is 8.91. The van der Waals surface area contributed by atoms with Crippen molar-refractivity contribution in [3.8, 4) is 17.6 Å². The average molecular weight is 287 g/mol. The molecule has 0 bridgehead atoms. The van der Waals surface area contributed by atoms with Gasteiger partial charge < -0.3 is 9.84 Å². The quantitative estimate of drug-likeness (QED) is 0.864. The number of likely N-dealkylation sites (tertiary alicyclic amines) is 1. The highest BCUT2D eigenvalue weighted by Gasteiger charge is 2.27. The first-order valence-corrected chi connectivity index (χ1v) is 7.66. The zero-order valence-electron chi connectivity index (χ0n) is 13.2. The van der Waals surface area contributed by atoms with Gasteiger partial charge in [-0.1, -0.05) is 25.7 Å². The van der Waals surface area contributed by atoms with Gasteiger partial charge in [0, 0.05) is 18.2 Å². The molecule has 0 radical (unpaired) electrons. The minimum absolute atomic E-state index is 0.107. The van der Waals surface area contributed by atoms with Crippen LogP contribution in [0.2, 0.25) is 0 Å². The third kappa shape index (κ3) is 4.00. The van der Waals surface area contributed by atoms with Gasteiger partial charge in [0.1, 0.15) is 12.4 Å². The van der Waals surface area contributed by atoms with Crippen LogP contribution in [0.25, 0.3) is 0 Å². The van der Waals surface area contributed by atoms with E-state index in [1.54, 1.807) is 7.11 Å². The summed E-state index contributed by atoms with van der Waals surface area (Å²) >= 11 is 0. The normalized spacial score (nSPS) is 18.6. The summed E-state index contributed by atoms with van der Waals surface area (Å²) in [4.78, 5) is 2.55. The van der Waals surface area contributed by atoms with E-state index >= 15 is 0 Å². The molecule has 1 aromatic carbocycles. The zero-order chi connectivity index (χ0) is 15.2. The molecule has 0 spiro atoms. The highest BCUT2D eigenvalue weighted by atomic mass is 16.5. The Labute approximate surface area is 127 Å². The lowest BCUT2D eigenvalue weighted by molar-refractivity contribution is 0.198. The van der Waals surface area contributed by atoms with E-state index in [9.17, 15) is 0 Å². The van der Waals surface area contributed by atoms with Gasteiger partial charge in [0.2, 0.25) is 0 Å². The van der Waals surface area contributed by atoms with Crippen molar-refractivity contribution in [2.75, 3.05) is 20.3 Å². The smallest absolute Gasteiger partial charge is 0.119 e. The van der Waals surface area contributed by atoms with Crippen LogP contribution in [-0.4, -0.2) is 36.3 Å². The molecule has 1 fully saturated rings. The van der Waals surface area contributed by atoms with E-state index in [1.165, 1.54) is 18.4 Å². The van der Waals surface area contributed by atoms with Crippen LogP contribution >= 0.6 is 0 Å². The molecular weight excluding hydrogens is 262 g/mol. The van der Waals surface area contributed by atoms with Crippen molar-refractivity contribution < 1.29 is 9.84 Å². The maximum Gasteiger partial charge on any atom is 0.119 e. The third-order valence-electron chi connectivity index (χ3n) is 4.17. The number of nitrogens with zero attached hydrogens (tertiary/aromatic N) is 1. The highest BCUT2D eigenvalue weighted by molar-refractivity contribution is 5.45. The van der Waals surface area contributed by atoms with Gasteiger partial charge in [-0.25, -0.2) is 0 Å². The predicted octanol–water partition coefficient (Wildman–Crippen LogP) is 2.66. The second kappa shape index (κ2) is 7.49. The SMILES string of the molecule is COc1ccc(C#CCO)c(CN2CCCC2C(C)C)c1. The van der Waals surface area contributed by atoms with Crippen molar-refractivity contribution in [1.29, 1.82) is 0 Å². The van der Waals surface area contributed by atoms with Crippen LogP contribution in [0.1, 0.15) is 37.8 Å². The minimum atomic E-state index is -0.107. The summed E-state index contributed by atoms with van der Waals surface area (Å²) in [5.41, 5.74) is 2.17. The number of ether oxygens (including phenoxy) is 1. The van der Waals surface area contributed by atoms with Crippen LogP contribution in [0.5, 0.6) is 5.75 Å². The van der Waals surface area contributed by atoms with Gasteiger partial charge >= 0.3 is 0 Å². The number of aliphatic hydroxyl groups is 1. The second-order valence-corrected chi connectivity index (χ2v) is 5.91. The maximum absolute atomic E-state index is 8.91. The van der Waals surface area contributed by atoms with Crippen molar-refractivity contribution >= 4 is 0 Å². The lowest BCUT2D eigenvalue weighted by atomic mass is 10.0. The number of hydrogen-bond acceptors (Lipinski definition) is 3. The van der Waals surface area contributed by atoms with E-state index in [2.05, 4.69) is 36.7 Å². The number of methoxy groups -OCH3 is 1. The topological polar surface area (TPSA) is 32.7 Å². The van der Waals surface area contributed by atoms with E-state index in [-0.39, 0.29) is 6.61 Å². The van der Waals surface area contributed by atoms with Crippen LogP contribution in [0, 0.1) is 17.8 Å². The van der Waals surface area contributed by atoms with Crippen molar-refractivity contribution in [2.24, 2.45) is 5.92 Å². The summed E-state index contributed by atoms with van der Waals surface area (Å²) < 4.78 is 5.34. The summed E-state index contributed by atoms with van der Waals surface area (Å²) in [6.45, 7) is 6.52. The first-order chi connectivity index (χ1) is 10.2. The Bertz CT molecular complexity index is 528. The minimum Gasteiger partial charge on any atom is -0.497 e. The molecule has 1 unspecified atom stereocenters. The van der Waals surface area contributed by atoms with E-state index in [4.69, 9.17) is 9.84 Å². The Hall–Kier alpha value is -1.50. The van der Waals surface area contributed by atoms with Gasteiger partial charge in [0.05, 0.1) is 7.11 Å². The first kappa shape index (κ1) is 15.9. The van der Waals surface area contributed by atoms with Crippen molar-refractivity contribution in [2.45, 2.75) is 39.3 Å². The molecule has 0 saturated carbocycles. The lowest BCUT2D eigenvalue weighted by Crippen LogP contribution is -2.33. The van der Waals surface area contributed by atoms with Gasteiger partial charge in [-0.3, -0.25) is 4.90 Å². The van der Waals surface area contributed by atoms with Crippen LogP contribution in [0.3, 0.4) is 0 Å². The molecule has 3 heteroatoms. The van der Waals surface area contributed by atoms with Crippen molar-refractivity contribution in [3.63, 3.8) is 0 Å². The second-order valence-electron chi connectivity index (χ2n) is 5.91. The Morgan fingerprint density at radius 3 is 2.90 bits per heavy atom. The molecule has 114 valence electrons. The molecule has 0 amide bonds. The monoisotopic (exact) mass is 287 g/mol. The predicted molar refractivity (Wildman–Crippen MR) is 85.2 cm³/mol. The summed E-state index contributed by atoms with van der Waals surface area (Å²) in [7, 11) is 1.69. The lowest BCUT2D eigenvalue weighted by Gasteiger charge is -2.28. The molecule has 0 aliphatic carbocycles. The van der Waals surface area contributed by atoms with Crippen LogP contribution in [-0.2, 0) is 6.54 Å². The number of aliphatic hydroxyl groups excluding tert-OH is 1. The Kier molecular flexibility index (Phi) is 5.67. The maximum atomic E-state index is 8.91. The van der Waals surface area contributed by atoms with E-state index in [0.717, 1.165) is 24.4 Å². The fraction of sp³-hybridized carbons (Fsp3) is 0.556. The van der Waals surface area contributed by atoms with Gasteiger partial charge in [-0.15, -0.1) is 0 Å². The molecule has 1 saturated heterocycles. The van der Waals surface area contributed by atoms with Crippen LogP contribution in [0.4, 0.5) is 0 Å². The van der Waals surface area contributed by atoms with Gasteiger partial charge in [-0.05, 0) is 49.1 Å².